The van der Waals surface area contributed by atoms with E-state index in [1.165, 1.54) is 6.26 Å². The number of nitrogens with zero attached hydrogens (tertiary/aromatic N) is 2. The van der Waals surface area contributed by atoms with Crippen LogP contribution in [0.3, 0.4) is 0 Å². The molecule has 15 heavy (non-hydrogen) atoms. The minimum Gasteiger partial charge on any atom is -0.336 e. The summed E-state index contributed by atoms with van der Waals surface area (Å²) in [6.07, 6.45) is 4.77. The molecule has 1 aromatic rings. The Balaban J connectivity index is 2.46. The Morgan fingerprint density at radius 2 is 2.27 bits per heavy atom. The van der Waals surface area contributed by atoms with Gasteiger partial charge in [-0.05, 0) is 6.54 Å². The molecule has 0 bridgehead atoms. The summed E-state index contributed by atoms with van der Waals surface area (Å²) in [5, 5.41) is 3.16. The normalized spacial score (nSPS) is 11.9. The molecule has 0 radical (unpaired) electrons. The van der Waals surface area contributed by atoms with Gasteiger partial charge < -0.3 is 9.88 Å². The number of aryl methyl sites for hydroxylation is 1. The number of rotatable bonds is 6. The van der Waals surface area contributed by atoms with Crippen LogP contribution in [0.25, 0.3) is 0 Å². The summed E-state index contributed by atoms with van der Waals surface area (Å²) in [6.45, 7) is 4.12. The Morgan fingerprint density at radius 1 is 1.53 bits per heavy atom. The van der Waals surface area contributed by atoms with Gasteiger partial charge in [0.25, 0.3) is 0 Å². The summed E-state index contributed by atoms with van der Waals surface area (Å²) >= 11 is 0. The van der Waals surface area contributed by atoms with Gasteiger partial charge in [0.05, 0.1) is 17.8 Å². The molecule has 0 atom stereocenters. The van der Waals surface area contributed by atoms with Crippen molar-refractivity contribution in [3.63, 3.8) is 0 Å². The first-order valence-electron chi connectivity index (χ1n) is 4.90. The second-order valence-electron chi connectivity index (χ2n) is 3.51. The Bertz CT molecular complexity index is 397. The van der Waals surface area contributed by atoms with E-state index in [2.05, 4.69) is 10.3 Å². The highest BCUT2D eigenvalue weighted by Crippen LogP contribution is 1.97. The molecule has 1 N–H and O–H groups in total. The molecule has 6 heteroatoms. The molecule has 0 aromatic carbocycles. The fourth-order valence-electron chi connectivity index (χ4n) is 1.14. The number of nitrogens with one attached hydrogen (secondary N) is 1. The molecule has 0 aliphatic heterocycles. The predicted octanol–water partition coefficient (Wildman–Crippen LogP) is 0.0372. The summed E-state index contributed by atoms with van der Waals surface area (Å²) in [4.78, 5) is 4.16. The summed E-state index contributed by atoms with van der Waals surface area (Å²) in [5.74, 6) is 0.157. The van der Waals surface area contributed by atoms with Crippen molar-refractivity contribution < 1.29 is 8.42 Å². The zero-order chi connectivity index (χ0) is 11.3. The third-order valence-corrected chi connectivity index (χ3v) is 2.89. The maximum absolute atomic E-state index is 10.9. The van der Waals surface area contributed by atoms with Gasteiger partial charge in [-0.15, -0.1) is 0 Å². The number of sulfone groups is 1. The zero-order valence-electron chi connectivity index (χ0n) is 9.10. The van der Waals surface area contributed by atoms with Gasteiger partial charge in [0.15, 0.2) is 0 Å². The smallest absolute Gasteiger partial charge is 0.149 e. The van der Waals surface area contributed by atoms with Crippen molar-refractivity contribution in [1.29, 1.82) is 0 Å². The predicted molar refractivity (Wildman–Crippen MR) is 59.3 cm³/mol. The van der Waals surface area contributed by atoms with Crippen LogP contribution in [-0.4, -0.2) is 36.5 Å². The first-order chi connectivity index (χ1) is 7.01. The molecule has 0 spiro atoms. The third-order valence-electron chi connectivity index (χ3n) is 1.96. The Morgan fingerprint density at radius 3 is 2.87 bits per heavy atom. The number of hydrogen-bond donors (Lipinski definition) is 1. The minimum atomic E-state index is -2.89. The molecule has 0 amide bonds. The summed E-state index contributed by atoms with van der Waals surface area (Å²) in [5.41, 5.74) is 0.936. The number of imidazole rings is 1. The monoisotopic (exact) mass is 231 g/mol. The molecule has 0 saturated heterocycles. The van der Waals surface area contributed by atoms with Gasteiger partial charge in [0.1, 0.15) is 9.84 Å². The number of aromatic nitrogens is 2. The van der Waals surface area contributed by atoms with Crippen molar-refractivity contribution >= 4 is 9.84 Å². The van der Waals surface area contributed by atoms with Crippen molar-refractivity contribution in [2.45, 2.75) is 20.0 Å². The van der Waals surface area contributed by atoms with Gasteiger partial charge in [-0.1, -0.05) is 6.92 Å². The van der Waals surface area contributed by atoms with Crippen LogP contribution in [0.4, 0.5) is 0 Å². The van der Waals surface area contributed by atoms with Crippen molar-refractivity contribution in [2.24, 2.45) is 0 Å². The topological polar surface area (TPSA) is 64.0 Å². The van der Waals surface area contributed by atoms with Crippen LogP contribution in [0.15, 0.2) is 12.5 Å². The maximum atomic E-state index is 10.9. The molecule has 0 aliphatic rings. The molecular weight excluding hydrogens is 214 g/mol. The van der Waals surface area contributed by atoms with Crippen LogP contribution in [0.1, 0.15) is 12.6 Å². The first kappa shape index (κ1) is 12.2. The van der Waals surface area contributed by atoms with Gasteiger partial charge in [0.2, 0.25) is 0 Å². The van der Waals surface area contributed by atoms with Crippen molar-refractivity contribution in [3.8, 4) is 0 Å². The lowest BCUT2D eigenvalue weighted by Crippen LogP contribution is -2.12. The Labute approximate surface area is 90.4 Å². The van der Waals surface area contributed by atoms with E-state index in [-0.39, 0.29) is 5.75 Å². The van der Waals surface area contributed by atoms with Crippen LogP contribution in [0.2, 0.25) is 0 Å². The molecule has 0 fully saturated rings. The quantitative estimate of drug-likeness (QED) is 0.750. The van der Waals surface area contributed by atoms with Crippen LogP contribution in [0, 0.1) is 0 Å². The molecule has 86 valence electrons. The molecule has 0 unspecified atom stereocenters. The molecule has 1 rings (SSSR count). The van der Waals surface area contributed by atoms with Gasteiger partial charge in [-0.2, -0.15) is 0 Å². The van der Waals surface area contributed by atoms with E-state index in [4.69, 9.17) is 0 Å². The molecular formula is C9H17N3O2S. The van der Waals surface area contributed by atoms with E-state index in [1.807, 2.05) is 13.1 Å². The highest BCUT2D eigenvalue weighted by molar-refractivity contribution is 7.90. The van der Waals surface area contributed by atoms with Crippen LogP contribution >= 0.6 is 0 Å². The largest absolute Gasteiger partial charge is 0.336 e. The SMILES string of the molecule is CCNCc1cn(CCS(C)(=O)=O)cn1. The maximum Gasteiger partial charge on any atom is 0.149 e. The van der Waals surface area contributed by atoms with Crippen molar-refractivity contribution in [2.75, 3.05) is 18.6 Å². The lowest BCUT2D eigenvalue weighted by Gasteiger charge is -1.99. The average molecular weight is 231 g/mol. The van der Waals surface area contributed by atoms with Gasteiger partial charge in [-0.25, -0.2) is 13.4 Å². The summed E-state index contributed by atoms with van der Waals surface area (Å²) < 4.78 is 23.7. The van der Waals surface area contributed by atoms with E-state index in [1.54, 1.807) is 10.9 Å². The summed E-state index contributed by atoms with van der Waals surface area (Å²) in [6, 6.07) is 0. The van der Waals surface area contributed by atoms with E-state index in [0.717, 1.165) is 18.8 Å². The second kappa shape index (κ2) is 5.27. The van der Waals surface area contributed by atoms with Gasteiger partial charge in [-0.3, -0.25) is 0 Å². The Kier molecular flexibility index (Phi) is 4.28. The van der Waals surface area contributed by atoms with Crippen LogP contribution in [0.5, 0.6) is 0 Å². The van der Waals surface area contributed by atoms with E-state index < -0.39 is 9.84 Å². The minimum absolute atomic E-state index is 0.157. The lowest BCUT2D eigenvalue weighted by molar-refractivity contribution is 0.594. The molecule has 0 aliphatic carbocycles. The van der Waals surface area contributed by atoms with Crippen LogP contribution in [-0.2, 0) is 22.9 Å². The highest BCUT2D eigenvalue weighted by Gasteiger charge is 2.03. The molecule has 1 aromatic heterocycles. The Hall–Kier alpha value is -0.880. The van der Waals surface area contributed by atoms with Crippen molar-refractivity contribution in [3.05, 3.63) is 18.2 Å². The van der Waals surface area contributed by atoms with E-state index in [9.17, 15) is 8.42 Å². The summed E-state index contributed by atoms with van der Waals surface area (Å²) in [7, 11) is -2.89. The molecule has 0 saturated carbocycles. The van der Waals surface area contributed by atoms with E-state index >= 15 is 0 Å². The standard InChI is InChI=1S/C9H17N3O2S/c1-3-10-6-9-7-12(8-11-9)4-5-15(2,13)14/h7-8,10H,3-6H2,1-2H3. The fraction of sp³-hybridized carbons (Fsp3) is 0.667. The highest BCUT2D eigenvalue weighted by atomic mass is 32.2. The molecule has 5 nitrogen and oxygen atoms in total. The lowest BCUT2D eigenvalue weighted by atomic mass is 10.4. The zero-order valence-corrected chi connectivity index (χ0v) is 9.92. The molecule has 1 heterocycles. The van der Waals surface area contributed by atoms with Crippen LogP contribution < -0.4 is 5.32 Å². The van der Waals surface area contributed by atoms with Gasteiger partial charge >= 0.3 is 0 Å². The van der Waals surface area contributed by atoms with E-state index in [0.29, 0.717) is 6.54 Å². The fourth-order valence-corrected chi connectivity index (χ4v) is 1.69. The first-order valence-corrected chi connectivity index (χ1v) is 6.96. The average Bonchev–Trinajstić information content (AvgIpc) is 2.58. The van der Waals surface area contributed by atoms with Gasteiger partial charge in [0, 0.05) is 25.5 Å². The number of hydrogen-bond acceptors (Lipinski definition) is 4. The third kappa shape index (κ3) is 4.94. The second-order valence-corrected chi connectivity index (χ2v) is 5.77. The van der Waals surface area contributed by atoms with Crippen molar-refractivity contribution in [1.82, 2.24) is 14.9 Å².